The van der Waals surface area contributed by atoms with Crippen molar-refractivity contribution in [3.8, 4) is 12.3 Å². The Morgan fingerprint density at radius 3 is 2.90 bits per heavy atom. The lowest BCUT2D eigenvalue weighted by atomic mass is 10.1. The Hall–Kier alpha value is -1.64. The molecule has 5 heteroatoms. The molecule has 0 fully saturated rings. The first-order valence-electron chi connectivity index (χ1n) is 6.24. The lowest BCUT2D eigenvalue weighted by Crippen LogP contribution is -2.15. The Balaban J connectivity index is 2.61. The molecule has 0 aliphatic heterocycles. The van der Waals surface area contributed by atoms with Gasteiger partial charge in [0.2, 0.25) is 5.91 Å². The van der Waals surface area contributed by atoms with E-state index >= 15 is 0 Å². The Morgan fingerprint density at radius 1 is 1.50 bits per heavy atom. The van der Waals surface area contributed by atoms with Crippen molar-refractivity contribution in [2.75, 3.05) is 24.8 Å². The van der Waals surface area contributed by atoms with E-state index in [9.17, 15) is 9.00 Å². The van der Waals surface area contributed by atoms with Gasteiger partial charge in [0.1, 0.15) is 6.61 Å². The summed E-state index contributed by atoms with van der Waals surface area (Å²) >= 11 is 0. The highest BCUT2D eigenvalue weighted by Crippen LogP contribution is 2.20. The van der Waals surface area contributed by atoms with E-state index in [1.807, 2.05) is 25.1 Å². The smallest absolute Gasteiger partial charge is 0.226 e. The van der Waals surface area contributed by atoms with E-state index in [2.05, 4.69) is 11.2 Å². The number of hydrogen-bond donors (Lipinski definition) is 1. The van der Waals surface area contributed by atoms with Crippen molar-refractivity contribution in [3.63, 3.8) is 0 Å². The second-order valence-corrected chi connectivity index (χ2v) is 5.80. The predicted octanol–water partition coefficient (Wildman–Crippen LogP) is 1.85. The first-order chi connectivity index (χ1) is 9.54. The van der Waals surface area contributed by atoms with Crippen LogP contribution in [0, 0.1) is 19.3 Å². The number of nitrogens with one attached hydrogen (secondary N) is 1. The van der Waals surface area contributed by atoms with Gasteiger partial charge in [0, 0.05) is 28.5 Å². The third kappa shape index (κ3) is 5.55. The predicted molar refractivity (Wildman–Crippen MR) is 81.8 cm³/mol. The lowest BCUT2D eigenvalue weighted by molar-refractivity contribution is -0.117. The van der Waals surface area contributed by atoms with Crippen LogP contribution in [0.15, 0.2) is 18.2 Å². The molecule has 108 valence electrons. The number of carbonyl (C=O) groups excluding carboxylic acids is 1. The van der Waals surface area contributed by atoms with Crippen LogP contribution in [-0.4, -0.2) is 29.6 Å². The summed E-state index contributed by atoms with van der Waals surface area (Å²) in [6.45, 7) is 2.42. The van der Waals surface area contributed by atoms with Gasteiger partial charge in [-0.25, -0.2) is 0 Å². The molecule has 0 bridgehead atoms. The van der Waals surface area contributed by atoms with Crippen LogP contribution in [0.25, 0.3) is 0 Å². The molecular weight excluding hydrogens is 274 g/mol. The van der Waals surface area contributed by atoms with Gasteiger partial charge >= 0.3 is 0 Å². The number of ether oxygens (including phenoxy) is 1. The summed E-state index contributed by atoms with van der Waals surface area (Å²) in [7, 11) is -0.906. The van der Waals surface area contributed by atoms with E-state index in [4.69, 9.17) is 11.2 Å². The number of anilines is 1. The SMILES string of the molecule is C#CCOCCC(=O)Nc1cccc(C[S@](C)=O)c1C. The van der Waals surface area contributed by atoms with Gasteiger partial charge in [0.25, 0.3) is 0 Å². The van der Waals surface area contributed by atoms with Gasteiger partial charge in [-0.2, -0.15) is 0 Å². The average molecular weight is 293 g/mol. The van der Waals surface area contributed by atoms with Gasteiger partial charge in [-0.3, -0.25) is 9.00 Å². The molecule has 0 saturated heterocycles. The maximum Gasteiger partial charge on any atom is 0.226 e. The summed E-state index contributed by atoms with van der Waals surface area (Å²) < 4.78 is 16.4. The van der Waals surface area contributed by atoms with Crippen molar-refractivity contribution >= 4 is 22.4 Å². The third-order valence-electron chi connectivity index (χ3n) is 2.74. The molecule has 20 heavy (non-hydrogen) atoms. The number of rotatable bonds is 7. The summed E-state index contributed by atoms with van der Waals surface area (Å²) in [5, 5.41) is 2.83. The molecule has 4 nitrogen and oxygen atoms in total. The fraction of sp³-hybridized carbons (Fsp3) is 0.400. The largest absolute Gasteiger partial charge is 0.368 e. The Bertz CT molecular complexity index is 534. The molecule has 0 aliphatic rings. The molecule has 1 amide bonds. The summed E-state index contributed by atoms with van der Waals surface area (Å²) in [5.74, 6) is 2.70. The monoisotopic (exact) mass is 293 g/mol. The van der Waals surface area contributed by atoms with E-state index < -0.39 is 10.8 Å². The van der Waals surface area contributed by atoms with Crippen LogP contribution in [0.2, 0.25) is 0 Å². The zero-order valence-corrected chi connectivity index (χ0v) is 12.6. The summed E-state index contributed by atoms with van der Waals surface area (Å²) in [5.41, 5.74) is 2.67. The van der Waals surface area contributed by atoms with Gasteiger partial charge in [0.15, 0.2) is 0 Å². The van der Waals surface area contributed by atoms with Crippen molar-refractivity contribution in [1.82, 2.24) is 0 Å². The second kappa shape index (κ2) is 8.51. The summed E-state index contributed by atoms with van der Waals surface area (Å²) in [6, 6.07) is 5.60. The highest BCUT2D eigenvalue weighted by atomic mass is 32.2. The summed E-state index contributed by atoms with van der Waals surface area (Å²) in [6.07, 6.45) is 6.96. The first-order valence-corrected chi connectivity index (χ1v) is 7.97. The maximum atomic E-state index is 11.8. The molecule has 1 aromatic rings. The minimum atomic E-state index is -0.906. The highest BCUT2D eigenvalue weighted by molar-refractivity contribution is 7.83. The van der Waals surface area contributed by atoms with E-state index in [-0.39, 0.29) is 18.9 Å². The van der Waals surface area contributed by atoms with E-state index in [0.717, 1.165) is 16.8 Å². The van der Waals surface area contributed by atoms with Crippen molar-refractivity contribution in [1.29, 1.82) is 0 Å². The van der Waals surface area contributed by atoms with E-state index in [1.165, 1.54) is 0 Å². The van der Waals surface area contributed by atoms with Gasteiger partial charge in [0.05, 0.1) is 13.0 Å². The van der Waals surface area contributed by atoms with Gasteiger partial charge in [-0.05, 0) is 24.1 Å². The molecule has 1 aromatic carbocycles. The van der Waals surface area contributed by atoms with Crippen LogP contribution < -0.4 is 5.32 Å². The maximum absolute atomic E-state index is 11.8. The number of hydrogen-bond acceptors (Lipinski definition) is 3. The molecule has 0 aliphatic carbocycles. The number of terminal acetylenes is 1. The van der Waals surface area contributed by atoms with Crippen molar-refractivity contribution in [2.45, 2.75) is 19.1 Å². The van der Waals surface area contributed by atoms with Crippen molar-refractivity contribution in [3.05, 3.63) is 29.3 Å². The fourth-order valence-electron chi connectivity index (χ4n) is 1.70. The summed E-state index contributed by atoms with van der Waals surface area (Å²) in [4.78, 5) is 11.8. The van der Waals surface area contributed by atoms with Gasteiger partial charge in [-0.15, -0.1) is 6.42 Å². The molecule has 1 atom stereocenters. The Kier molecular flexibility index (Phi) is 6.99. The molecule has 1 N–H and O–H groups in total. The highest BCUT2D eigenvalue weighted by Gasteiger charge is 2.08. The molecule has 0 radical (unpaired) electrons. The zero-order valence-electron chi connectivity index (χ0n) is 11.8. The standard InChI is InChI=1S/C15H19NO3S/c1-4-9-19-10-8-15(17)16-14-7-5-6-13(12(14)2)11-20(3)18/h1,5-7H,8-11H2,2-3H3,(H,16,17)/t20-/m0/s1. The van der Waals surface area contributed by atoms with Crippen LogP contribution in [0.1, 0.15) is 17.5 Å². The minimum Gasteiger partial charge on any atom is -0.368 e. The van der Waals surface area contributed by atoms with Crippen LogP contribution in [0.3, 0.4) is 0 Å². The lowest BCUT2D eigenvalue weighted by Gasteiger charge is -2.12. The molecule has 0 heterocycles. The van der Waals surface area contributed by atoms with E-state index in [0.29, 0.717) is 12.4 Å². The Labute approximate surface area is 122 Å². The number of amides is 1. The van der Waals surface area contributed by atoms with E-state index in [1.54, 1.807) is 6.26 Å². The molecule has 0 saturated carbocycles. The van der Waals surface area contributed by atoms with Crippen molar-refractivity contribution in [2.24, 2.45) is 0 Å². The quantitative estimate of drug-likeness (QED) is 0.616. The third-order valence-corrected chi connectivity index (χ3v) is 3.46. The van der Waals surface area contributed by atoms with Gasteiger partial charge < -0.3 is 10.1 Å². The normalized spacial score (nSPS) is 11.7. The van der Waals surface area contributed by atoms with Gasteiger partial charge in [-0.1, -0.05) is 18.1 Å². The minimum absolute atomic E-state index is 0.125. The fourth-order valence-corrected chi connectivity index (χ4v) is 2.45. The first kappa shape index (κ1) is 16.4. The molecule has 0 aromatic heterocycles. The zero-order chi connectivity index (χ0) is 15.0. The second-order valence-electron chi connectivity index (χ2n) is 4.36. The van der Waals surface area contributed by atoms with Crippen molar-refractivity contribution < 1.29 is 13.7 Å². The van der Waals surface area contributed by atoms with Crippen LogP contribution in [0.4, 0.5) is 5.69 Å². The Morgan fingerprint density at radius 2 is 2.25 bits per heavy atom. The average Bonchev–Trinajstić information content (AvgIpc) is 2.39. The molecule has 0 spiro atoms. The number of carbonyl (C=O) groups is 1. The number of benzene rings is 1. The topological polar surface area (TPSA) is 55.4 Å². The van der Waals surface area contributed by atoms with Crippen LogP contribution in [-0.2, 0) is 26.1 Å². The van der Waals surface area contributed by atoms with Crippen LogP contribution in [0.5, 0.6) is 0 Å². The molecule has 0 unspecified atom stereocenters. The molecular formula is C15H19NO3S. The molecule has 1 rings (SSSR count). The van der Waals surface area contributed by atoms with Crippen LogP contribution >= 0.6 is 0 Å².